The predicted molar refractivity (Wildman–Crippen MR) is 76.6 cm³/mol. The van der Waals surface area contributed by atoms with Crippen molar-refractivity contribution in [3.8, 4) is 0 Å². The summed E-state index contributed by atoms with van der Waals surface area (Å²) in [5.41, 5.74) is 0.885. The van der Waals surface area contributed by atoms with E-state index >= 15 is 0 Å². The summed E-state index contributed by atoms with van der Waals surface area (Å²) in [7, 11) is 0. The van der Waals surface area contributed by atoms with E-state index in [1.807, 2.05) is 19.1 Å². The zero-order chi connectivity index (χ0) is 14.7. The standard InChI is InChI=1S/C15H18ClNO3/c1-10-9-17(6-5-13(10)15(19)20)14(18)8-11-3-2-4-12(16)7-11/h2-4,7,10,13H,5-6,8-9H2,1H3,(H,19,20). The molecule has 4 nitrogen and oxygen atoms in total. The maximum Gasteiger partial charge on any atom is 0.306 e. The lowest BCUT2D eigenvalue weighted by Gasteiger charge is -2.35. The third kappa shape index (κ3) is 3.51. The van der Waals surface area contributed by atoms with Crippen molar-refractivity contribution in [1.29, 1.82) is 0 Å². The molecule has 0 saturated carbocycles. The number of carbonyl (C=O) groups excluding carboxylic acids is 1. The van der Waals surface area contributed by atoms with Crippen LogP contribution in [0.3, 0.4) is 0 Å². The summed E-state index contributed by atoms with van der Waals surface area (Å²) in [5.74, 6) is -1.09. The van der Waals surface area contributed by atoms with E-state index in [0.29, 0.717) is 31.0 Å². The minimum absolute atomic E-state index is 0.00967. The number of benzene rings is 1. The van der Waals surface area contributed by atoms with Gasteiger partial charge in [-0.2, -0.15) is 0 Å². The molecule has 2 rings (SSSR count). The number of amides is 1. The average molecular weight is 296 g/mol. The Labute approximate surface area is 123 Å². The molecule has 1 N–H and O–H groups in total. The summed E-state index contributed by atoms with van der Waals surface area (Å²) < 4.78 is 0. The molecule has 0 bridgehead atoms. The summed E-state index contributed by atoms with van der Waals surface area (Å²) in [6.45, 7) is 2.91. The van der Waals surface area contributed by atoms with E-state index in [-0.39, 0.29) is 17.7 Å². The van der Waals surface area contributed by atoms with Gasteiger partial charge >= 0.3 is 5.97 Å². The Morgan fingerprint density at radius 2 is 2.20 bits per heavy atom. The number of halogens is 1. The molecule has 1 aromatic carbocycles. The van der Waals surface area contributed by atoms with Crippen LogP contribution in [-0.4, -0.2) is 35.0 Å². The fourth-order valence-corrected chi connectivity index (χ4v) is 2.89. The first-order valence-corrected chi connectivity index (χ1v) is 7.10. The van der Waals surface area contributed by atoms with Crippen LogP contribution in [-0.2, 0) is 16.0 Å². The second kappa shape index (κ2) is 6.27. The Bertz CT molecular complexity index is 518. The number of carbonyl (C=O) groups is 2. The van der Waals surface area contributed by atoms with E-state index in [4.69, 9.17) is 16.7 Å². The predicted octanol–water partition coefficient (Wildman–Crippen LogP) is 2.45. The topological polar surface area (TPSA) is 57.6 Å². The van der Waals surface area contributed by atoms with Gasteiger partial charge in [-0.05, 0) is 30.0 Å². The van der Waals surface area contributed by atoms with Gasteiger partial charge < -0.3 is 10.0 Å². The molecule has 0 radical (unpaired) electrons. The highest BCUT2D eigenvalue weighted by Gasteiger charge is 2.32. The van der Waals surface area contributed by atoms with Gasteiger partial charge in [-0.1, -0.05) is 30.7 Å². The third-order valence-corrected chi connectivity index (χ3v) is 4.05. The number of rotatable bonds is 3. The summed E-state index contributed by atoms with van der Waals surface area (Å²) in [5, 5.41) is 9.70. The summed E-state index contributed by atoms with van der Waals surface area (Å²) >= 11 is 5.90. The van der Waals surface area contributed by atoms with E-state index in [1.54, 1.807) is 17.0 Å². The van der Waals surface area contributed by atoms with Crippen LogP contribution in [0, 0.1) is 11.8 Å². The molecule has 1 fully saturated rings. The maximum absolute atomic E-state index is 12.2. The molecule has 1 heterocycles. The van der Waals surface area contributed by atoms with Gasteiger partial charge in [-0.15, -0.1) is 0 Å². The molecule has 1 amide bonds. The summed E-state index contributed by atoms with van der Waals surface area (Å²) in [6.07, 6.45) is 0.836. The molecular weight excluding hydrogens is 278 g/mol. The number of hydrogen-bond donors (Lipinski definition) is 1. The fraction of sp³-hybridized carbons (Fsp3) is 0.467. The van der Waals surface area contributed by atoms with Crippen LogP contribution in [0.25, 0.3) is 0 Å². The van der Waals surface area contributed by atoms with Gasteiger partial charge in [0.05, 0.1) is 12.3 Å². The van der Waals surface area contributed by atoms with E-state index in [0.717, 1.165) is 5.56 Å². The monoisotopic (exact) mass is 295 g/mol. The number of likely N-dealkylation sites (tertiary alicyclic amines) is 1. The van der Waals surface area contributed by atoms with Crippen molar-refractivity contribution in [2.24, 2.45) is 11.8 Å². The van der Waals surface area contributed by atoms with Crippen molar-refractivity contribution < 1.29 is 14.7 Å². The number of aliphatic carboxylic acids is 1. The highest BCUT2D eigenvalue weighted by molar-refractivity contribution is 6.30. The highest BCUT2D eigenvalue weighted by Crippen LogP contribution is 2.24. The van der Waals surface area contributed by atoms with E-state index in [1.165, 1.54) is 0 Å². The SMILES string of the molecule is CC1CN(C(=O)Cc2cccc(Cl)c2)CCC1C(=O)O. The first-order valence-electron chi connectivity index (χ1n) is 6.72. The number of nitrogens with zero attached hydrogens (tertiary/aromatic N) is 1. The van der Waals surface area contributed by atoms with Gasteiger partial charge in [0, 0.05) is 18.1 Å². The van der Waals surface area contributed by atoms with Crippen molar-refractivity contribution in [2.75, 3.05) is 13.1 Å². The molecule has 1 saturated heterocycles. The Kier molecular flexibility index (Phi) is 4.65. The lowest BCUT2D eigenvalue weighted by molar-refractivity contribution is -0.148. The quantitative estimate of drug-likeness (QED) is 0.932. The summed E-state index contributed by atoms with van der Waals surface area (Å²) in [4.78, 5) is 25.0. The largest absolute Gasteiger partial charge is 0.481 e. The number of carboxylic acid groups (broad SMARTS) is 1. The molecule has 2 unspecified atom stereocenters. The minimum Gasteiger partial charge on any atom is -0.481 e. The molecule has 108 valence electrons. The van der Waals surface area contributed by atoms with Crippen LogP contribution in [0.15, 0.2) is 24.3 Å². The zero-order valence-corrected chi connectivity index (χ0v) is 12.1. The Balaban J connectivity index is 1.96. The molecule has 1 aromatic rings. The fourth-order valence-electron chi connectivity index (χ4n) is 2.67. The number of carboxylic acids is 1. The van der Waals surface area contributed by atoms with E-state index in [2.05, 4.69) is 0 Å². The normalized spacial score (nSPS) is 22.6. The number of piperidine rings is 1. The molecular formula is C15H18ClNO3. The van der Waals surface area contributed by atoms with E-state index in [9.17, 15) is 9.59 Å². The minimum atomic E-state index is -0.764. The highest BCUT2D eigenvalue weighted by atomic mass is 35.5. The maximum atomic E-state index is 12.2. The Morgan fingerprint density at radius 1 is 1.45 bits per heavy atom. The Morgan fingerprint density at radius 3 is 2.80 bits per heavy atom. The van der Waals surface area contributed by atoms with Crippen molar-refractivity contribution in [1.82, 2.24) is 4.90 Å². The van der Waals surface area contributed by atoms with Gasteiger partial charge in [0.15, 0.2) is 0 Å². The molecule has 5 heteroatoms. The van der Waals surface area contributed by atoms with Gasteiger partial charge in [0.2, 0.25) is 5.91 Å². The van der Waals surface area contributed by atoms with Crippen molar-refractivity contribution in [3.05, 3.63) is 34.9 Å². The van der Waals surface area contributed by atoms with Gasteiger partial charge in [0.25, 0.3) is 0 Å². The number of hydrogen-bond acceptors (Lipinski definition) is 2. The molecule has 0 spiro atoms. The summed E-state index contributed by atoms with van der Waals surface area (Å²) in [6, 6.07) is 7.25. The molecule has 1 aliphatic rings. The smallest absolute Gasteiger partial charge is 0.306 e. The molecule has 0 aromatic heterocycles. The van der Waals surface area contributed by atoms with E-state index < -0.39 is 5.97 Å². The second-order valence-corrected chi connectivity index (χ2v) is 5.79. The van der Waals surface area contributed by atoms with Gasteiger partial charge in [0.1, 0.15) is 0 Å². The van der Waals surface area contributed by atoms with Crippen LogP contribution in [0.1, 0.15) is 18.9 Å². The van der Waals surface area contributed by atoms with Crippen molar-refractivity contribution >= 4 is 23.5 Å². The molecule has 2 atom stereocenters. The molecule has 0 aliphatic carbocycles. The first-order chi connectivity index (χ1) is 9.47. The van der Waals surface area contributed by atoms with Crippen LogP contribution in [0.5, 0.6) is 0 Å². The zero-order valence-electron chi connectivity index (χ0n) is 11.4. The third-order valence-electron chi connectivity index (χ3n) is 3.82. The van der Waals surface area contributed by atoms with Crippen LogP contribution in [0.2, 0.25) is 5.02 Å². The average Bonchev–Trinajstić information content (AvgIpc) is 2.38. The van der Waals surface area contributed by atoms with Crippen LogP contribution >= 0.6 is 11.6 Å². The van der Waals surface area contributed by atoms with Crippen molar-refractivity contribution in [3.63, 3.8) is 0 Å². The molecule has 20 heavy (non-hydrogen) atoms. The van der Waals surface area contributed by atoms with Crippen LogP contribution in [0.4, 0.5) is 0 Å². The first kappa shape index (κ1) is 14.9. The molecule has 1 aliphatic heterocycles. The van der Waals surface area contributed by atoms with Gasteiger partial charge in [-0.25, -0.2) is 0 Å². The van der Waals surface area contributed by atoms with Gasteiger partial charge in [-0.3, -0.25) is 9.59 Å². The van der Waals surface area contributed by atoms with Crippen molar-refractivity contribution in [2.45, 2.75) is 19.8 Å². The second-order valence-electron chi connectivity index (χ2n) is 5.36. The van der Waals surface area contributed by atoms with Crippen LogP contribution < -0.4 is 0 Å². The lowest BCUT2D eigenvalue weighted by atomic mass is 9.87. The lowest BCUT2D eigenvalue weighted by Crippen LogP contribution is -2.45. The Hall–Kier alpha value is -1.55.